The van der Waals surface area contributed by atoms with Gasteiger partial charge in [-0.15, -0.1) is 0 Å². The normalized spacial score (nSPS) is 11.2. The van der Waals surface area contributed by atoms with Gasteiger partial charge in [0, 0.05) is 36.0 Å². The van der Waals surface area contributed by atoms with Crippen LogP contribution in [0.5, 0.6) is 0 Å². The number of unbranched alkanes of at least 4 members (excludes halogenated alkanes) is 1. The summed E-state index contributed by atoms with van der Waals surface area (Å²) in [4.78, 5) is 3.83. The average Bonchev–Trinajstić information content (AvgIpc) is 2.94. The molecule has 0 amide bonds. The lowest BCUT2D eigenvalue weighted by atomic mass is 10.1. The summed E-state index contributed by atoms with van der Waals surface area (Å²) in [6.45, 7) is 7.45. The number of nitrogens with zero attached hydrogens (tertiary/aromatic N) is 2. The van der Waals surface area contributed by atoms with Gasteiger partial charge in [0.25, 0.3) is 0 Å². The van der Waals surface area contributed by atoms with Gasteiger partial charge in [0.05, 0.1) is 0 Å². The van der Waals surface area contributed by atoms with Crippen LogP contribution in [-0.4, -0.2) is 23.3 Å². The zero-order chi connectivity index (χ0) is 18.2. The van der Waals surface area contributed by atoms with Crippen LogP contribution in [0.1, 0.15) is 43.0 Å². The van der Waals surface area contributed by atoms with Gasteiger partial charge in [-0.25, -0.2) is 4.99 Å². The Balaban J connectivity index is 2.20. The molecule has 0 aliphatic heterocycles. The molecule has 2 aromatic rings. The summed E-state index contributed by atoms with van der Waals surface area (Å²) >= 11 is 0. The number of benzene rings is 1. The molecular formula is C20H29N5. The van der Waals surface area contributed by atoms with E-state index in [0.29, 0.717) is 0 Å². The van der Waals surface area contributed by atoms with Crippen molar-refractivity contribution in [3.8, 4) is 5.69 Å². The first kappa shape index (κ1) is 18.8. The van der Waals surface area contributed by atoms with Crippen LogP contribution in [-0.2, 0) is 6.42 Å². The van der Waals surface area contributed by atoms with Crippen molar-refractivity contribution in [2.75, 3.05) is 11.9 Å². The molecule has 0 unspecified atom stereocenters. The van der Waals surface area contributed by atoms with Gasteiger partial charge < -0.3 is 15.6 Å². The van der Waals surface area contributed by atoms with E-state index >= 15 is 0 Å². The minimum atomic E-state index is -0.145. The maximum atomic E-state index is 7.14. The van der Waals surface area contributed by atoms with Crippen molar-refractivity contribution in [3.63, 3.8) is 0 Å². The lowest BCUT2D eigenvalue weighted by Crippen LogP contribution is -2.06. The fraction of sp³-hybridized carbons (Fsp3) is 0.400. The number of aromatic nitrogens is 1. The molecule has 134 valence electrons. The van der Waals surface area contributed by atoms with Crippen molar-refractivity contribution in [1.29, 1.82) is 5.41 Å². The average molecular weight is 339 g/mol. The standard InChI is InChI=1S/C20H29N5/c1-4-5-10-23-19-13-18(9-8-16(19)3)25-14-15(2)12-17(25)7-6-11-24-20(21)22/h8-9,11-14,23H,4-7,10H2,1-3H3,(H3,21,22). The van der Waals surface area contributed by atoms with Crippen LogP contribution in [0, 0.1) is 19.3 Å². The van der Waals surface area contributed by atoms with Crippen molar-refractivity contribution in [1.82, 2.24) is 4.57 Å². The second kappa shape index (κ2) is 9.06. The van der Waals surface area contributed by atoms with Gasteiger partial charge in [0.2, 0.25) is 5.96 Å². The molecule has 0 spiro atoms. The van der Waals surface area contributed by atoms with Crippen molar-refractivity contribution in [2.24, 2.45) is 10.7 Å². The van der Waals surface area contributed by atoms with Crippen LogP contribution in [0.3, 0.4) is 0 Å². The first-order valence-corrected chi connectivity index (χ1v) is 8.90. The van der Waals surface area contributed by atoms with Gasteiger partial charge in [0.1, 0.15) is 0 Å². The third-order valence-electron chi connectivity index (χ3n) is 4.14. The summed E-state index contributed by atoms with van der Waals surface area (Å²) in [5, 5.41) is 10.7. The first-order chi connectivity index (χ1) is 12.0. The monoisotopic (exact) mass is 339 g/mol. The smallest absolute Gasteiger partial charge is 0.212 e. The van der Waals surface area contributed by atoms with E-state index in [1.807, 2.05) is 0 Å². The molecule has 0 atom stereocenters. The van der Waals surface area contributed by atoms with E-state index in [0.717, 1.165) is 25.1 Å². The van der Waals surface area contributed by atoms with Crippen LogP contribution >= 0.6 is 0 Å². The summed E-state index contributed by atoms with van der Waals surface area (Å²) in [6.07, 6.45) is 7.86. The molecule has 2 rings (SSSR count). The largest absolute Gasteiger partial charge is 0.385 e. The van der Waals surface area contributed by atoms with Gasteiger partial charge in [-0.2, -0.15) is 0 Å². The van der Waals surface area contributed by atoms with Crippen molar-refractivity contribution in [2.45, 2.75) is 46.5 Å². The van der Waals surface area contributed by atoms with E-state index in [-0.39, 0.29) is 5.96 Å². The van der Waals surface area contributed by atoms with Crippen molar-refractivity contribution in [3.05, 3.63) is 47.3 Å². The molecule has 5 nitrogen and oxygen atoms in total. The molecule has 1 heterocycles. The van der Waals surface area contributed by atoms with E-state index in [9.17, 15) is 0 Å². The number of nitrogens with two attached hydrogens (primary N) is 1. The number of hydrogen-bond donors (Lipinski definition) is 3. The Morgan fingerprint density at radius 3 is 2.84 bits per heavy atom. The lowest BCUT2D eigenvalue weighted by molar-refractivity contribution is 0.833. The SMILES string of the molecule is CCCCNc1cc(-n2cc(C)cc2CCC=NC(=N)N)ccc1C. The fourth-order valence-corrected chi connectivity index (χ4v) is 2.81. The van der Waals surface area contributed by atoms with Crippen molar-refractivity contribution >= 4 is 17.9 Å². The van der Waals surface area contributed by atoms with Crippen LogP contribution < -0.4 is 11.1 Å². The van der Waals surface area contributed by atoms with Crippen molar-refractivity contribution < 1.29 is 0 Å². The molecule has 25 heavy (non-hydrogen) atoms. The molecule has 0 aliphatic carbocycles. The minimum absolute atomic E-state index is 0.145. The lowest BCUT2D eigenvalue weighted by Gasteiger charge is -2.14. The Bertz CT molecular complexity index is 743. The summed E-state index contributed by atoms with van der Waals surface area (Å²) in [6, 6.07) is 8.75. The summed E-state index contributed by atoms with van der Waals surface area (Å²) in [7, 11) is 0. The van der Waals surface area contributed by atoms with Crippen LogP contribution in [0.25, 0.3) is 5.69 Å². The van der Waals surface area contributed by atoms with E-state index in [4.69, 9.17) is 11.1 Å². The van der Waals surface area contributed by atoms with Crippen LogP contribution in [0.2, 0.25) is 0 Å². The summed E-state index contributed by atoms with van der Waals surface area (Å²) in [5.41, 5.74) is 11.3. The third-order valence-corrected chi connectivity index (χ3v) is 4.14. The predicted octanol–water partition coefficient (Wildman–Crippen LogP) is 4.20. The van der Waals surface area contributed by atoms with E-state index in [1.54, 1.807) is 6.21 Å². The second-order valence-electron chi connectivity index (χ2n) is 6.39. The van der Waals surface area contributed by atoms with Crippen LogP contribution in [0.4, 0.5) is 5.69 Å². The maximum absolute atomic E-state index is 7.14. The highest BCUT2D eigenvalue weighted by Gasteiger charge is 2.07. The number of rotatable bonds is 8. The molecule has 4 N–H and O–H groups in total. The molecule has 0 radical (unpaired) electrons. The minimum Gasteiger partial charge on any atom is -0.385 e. The molecule has 1 aromatic heterocycles. The molecule has 0 aliphatic rings. The Labute approximate surface area is 150 Å². The zero-order valence-electron chi connectivity index (χ0n) is 15.5. The highest BCUT2D eigenvalue weighted by atomic mass is 15.0. The molecule has 0 saturated carbocycles. The highest BCUT2D eigenvalue weighted by Crippen LogP contribution is 2.23. The Morgan fingerprint density at radius 1 is 1.32 bits per heavy atom. The van der Waals surface area contributed by atoms with Gasteiger partial charge in [-0.05, 0) is 62.4 Å². The predicted molar refractivity (Wildman–Crippen MR) is 107 cm³/mol. The number of nitrogens with one attached hydrogen (secondary N) is 2. The highest BCUT2D eigenvalue weighted by molar-refractivity contribution is 5.83. The molecular weight excluding hydrogens is 310 g/mol. The summed E-state index contributed by atoms with van der Waals surface area (Å²) < 4.78 is 2.24. The Morgan fingerprint density at radius 2 is 2.12 bits per heavy atom. The molecule has 0 saturated heterocycles. The number of aliphatic imine (C=N–C) groups is 1. The van der Waals surface area contributed by atoms with E-state index in [2.05, 4.69) is 66.1 Å². The molecule has 5 heteroatoms. The second-order valence-corrected chi connectivity index (χ2v) is 6.39. The van der Waals surface area contributed by atoms with Crippen LogP contribution in [0.15, 0.2) is 35.5 Å². The third kappa shape index (κ3) is 5.48. The van der Waals surface area contributed by atoms with E-state index in [1.165, 1.54) is 35.3 Å². The molecule has 1 aromatic carbocycles. The molecule has 0 bridgehead atoms. The number of aryl methyl sites for hydroxylation is 3. The summed E-state index contributed by atoms with van der Waals surface area (Å²) in [5.74, 6) is -0.145. The van der Waals surface area contributed by atoms with Gasteiger partial charge >= 0.3 is 0 Å². The quantitative estimate of drug-likeness (QED) is 0.383. The van der Waals surface area contributed by atoms with Gasteiger partial charge in [0.15, 0.2) is 0 Å². The maximum Gasteiger partial charge on any atom is 0.212 e. The Kier molecular flexibility index (Phi) is 6.81. The Hall–Kier alpha value is -2.56. The number of hydrogen-bond acceptors (Lipinski definition) is 2. The first-order valence-electron chi connectivity index (χ1n) is 8.90. The zero-order valence-corrected chi connectivity index (χ0v) is 15.5. The number of guanidine groups is 1. The topological polar surface area (TPSA) is 79.2 Å². The van der Waals surface area contributed by atoms with Gasteiger partial charge in [-0.3, -0.25) is 5.41 Å². The van der Waals surface area contributed by atoms with Gasteiger partial charge in [-0.1, -0.05) is 19.4 Å². The van der Waals surface area contributed by atoms with E-state index < -0.39 is 0 Å². The molecule has 0 fully saturated rings. The fourth-order valence-electron chi connectivity index (χ4n) is 2.81. The number of anilines is 1.